The lowest BCUT2D eigenvalue weighted by molar-refractivity contribution is -0.211. The molecule has 0 aliphatic carbocycles. The molecule has 0 radical (unpaired) electrons. The Morgan fingerprint density at radius 3 is 2.50 bits per heavy atom. The molecule has 0 saturated heterocycles. The van der Waals surface area contributed by atoms with Crippen molar-refractivity contribution in [1.82, 2.24) is 0 Å². The van der Waals surface area contributed by atoms with E-state index in [2.05, 4.69) is 18.0 Å². The molecule has 0 spiro atoms. The van der Waals surface area contributed by atoms with Gasteiger partial charge in [0.05, 0.1) is 6.61 Å². The number of hydrogen-bond donors (Lipinski definition) is 4. The molecule has 0 aromatic rings. The van der Waals surface area contributed by atoms with E-state index in [9.17, 15) is 15.0 Å². The molecular weight excluding hydrogens is 272 g/mol. The van der Waals surface area contributed by atoms with Gasteiger partial charge in [0.2, 0.25) is 17.7 Å². The molecule has 0 amide bonds. The van der Waals surface area contributed by atoms with E-state index in [4.69, 9.17) is 19.8 Å². The maximum atomic E-state index is 11.6. The monoisotopic (exact) mass is 288 g/mol. The summed E-state index contributed by atoms with van der Waals surface area (Å²) in [4.78, 5) is 15.5. The number of carbonyl (C=O) groups is 1. The first-order chi connectivity index (χ1) is 9.46. The fourth-order valence-electron chi connectivity index (χ4n) is 1.80. The minimum atomic E-state index is -1.85. The maximum absolute atomic E-state index is 11.6. The second-order valence-electron chi connectivity index (χ2n) is 3.96. The van der Waals surface area contributed by atoms with E-state index < -0.39 is 42.1 Å². The number of cyclic esters (lactones) is 1. The summed E-state index contributed by atoms with van der Waals surface area (Å²) in [6.07, 6.45) is -0.971. The first kappa shape index (κ1) is 16.2. The van der Waals surface area contributed by atoms with Crippen molar-refractivity contribution in [1.29, 1.82) is 0 Å². The summed E-state index contributed by atoms with van der Waals surface area (Å²) in [7, 11) is 0. The Morgan fingerprint density at radius 1 is 1.40 bits per heavy atom. The number of rotatable bonds is 8. The second kappa shape index (κ2) is 6.53. The Bertz CT molecular complexity index is 429. The molecule has 0 aromatic carbocycles. The zero-order valence-corrected chi connectivity index (χ0v) is 10.6. The van der Waals surface area contributed by atoms with Gasteiger partial charge in [-0.3, -0.25) is 0 Å². The third-order valence-electron chi connectivity index (χ3n) is 2.74. The highest BCUT2D eigenvalue weighted by Crippen LogP contribution is 2.40. The molecule has 112 valence electrons. The van der Waals surface area contributed by atoms with Crippen molar-refractivity contribution in [3.63, 3.8) is 0 Å². The summed E-state index contributed by atoms with van der Waals surface area (Å²) in [5, 5.41) is 37.1. The van der Waals surface area contributed by atoms with Gasteiger partial charge in [-0.25, -0.2) is 10.1 Å². The average Bonchev–Trinajstić information content (AvgIpc) is 2.70. The van der Waals surface area contributed by atoms with Crippen molar-refractivity contribution < 1.29 is 39.7 Å². The summed E-state index contributed by atoms with van der Waals surface area (Å²) in [5.74, 6) is -2.31. The molecular formula is C12H16O8. The smallest absolute Gasteiger partial charge is 0.382 e. The van der Waals surface area contributed by atoms with Gasteiger partial charge < -0.3 is 29.7 Å². The number of carbonyl (C=O) groups excluding carboxylic acids is 1. The van der Waals surface area contributed by atoms with Crippen molar-refractivity contribution in [3.05, 3.63) is 36.8 Å². The highest BCUT2D eigenvalue weighted by Gasteiger charge is 2.56. The van der Waals surface area contributed by atoms with Crippen molar-refractivity contribution in [2.45, 2.75) is 24.4 Å². The number of esters is 1. The van der Waals surface area contributed by atoms with Crippen LogP contribution >= 0.6 is 0 Å². The Hall–Kier alpha value is -1.87. The van der Waals surface area contributed by atoms with Crippen molar-refractivity contribution in [2.24, 2.45) is 0 Å². The van der Waals surface area contributed by atoms with E-state index in [1.807, 2.05) is 0 Å². The zero-order chi connectivity index (χ0) is 15.3. The van der Waals surface area contributed by atoms with Crippen LogP contribution in [-0.4, -0.2) is 51.1 Å². The Morgan fingerprint density at radius 2 is 2.05 bits per heavy atom. The van der Waals surface area contributed by atoms with E-state index >= 15 is 0 Å². The van der Waals surface area contributed by atoms with Gasteiger partial charge in [0.25, 0.3) is 5.76 Å². The molecule has 1 rings (SSSR count). The van der Waals surface area contributed by atoms with Crippen LogP contribution in [0.4, 0.5) is 0 Å². The normalized spacial score (nSPS) is 24.9. The van der Waals surface area contributed by atoms with Crippen LogP contribution in [0.15, 0.2) is 36.8 Å². The van der Waals surface area contributed by atoms with Crippen LogP contribution in [0.3, 0.4) is 0 Å². The minimum absolute atomic E-state index is 0.146. The predicted octanol–water partition coefficient (Wildman–Crippen LogP) is -0.567. The number of ether oxygens (including phenoxy) is 2. The summed E-state index contributed by atoms with van der Waals surface area (Å²) in [6.45, 7) is 5.95. The summed E-state index contributed by atoms with van der Waals surface area (Å²) >= 11 is 0. The van der Waals surface area contributed by atoms with E-state index in [0.29, 0.717) is 0 Å². The Kier molecular flexibility index (Phi) is 5.28. The van der Waals surface area contributed by atoms with Gasteiger partial charge in [0, 0.05) is 6.42 Å². The van der Waals surface area contributed by atoms with Crippen LogP contribution in [-0.2, 0) is 19.2 Å². The molecule has 4 N–H and O–H groups in total. The van der Waals surface area contributed by atoms with Crippen LogP contribution < -0.4 is 0 Å². The molecule has 0 aromatic heterocycles. The predicted molar refractivity (Wildman–Crippen MR) is 64.8 cm³/mol. The number of aliphatic hydroxyl groups is 3. The van der Waals surface area contributed by atoms with Crippen LogP contribution in [0.25, 0.3) is 0 Å². The summed E-state index contributed by atoms with van der Waals surface area (Å²) in [5.41, 5.74) is -1.85. The first-order valence-electron chi connectivity index (χ1n) is 5.63. The van der Waals surface area contributed by atoms with Crippen LogP contribution in [0.2, 0.25) is 0 Å². The fraction of sp³-hybridized carbons (Fsp3) is 0.417. The van der Waals surface area contributed by atoms with Crippen molar-refractivity contribution in [2.75, 3.05) is 6.61 Å². The lowest BCUT2D eigenvalue weighted by atomic mass is 9.91. The van der Waals surface area contributed by atoms with Gasteiger partial charge in [-0.2, -0.15) is 0 Å². The van der Waals surface area contributed by atoms with Crippen LogP contribution in [0.1, 0.15) is 6.42 Å². The Labute approximate surface area is 114 Å². The largest absolute Gasteiger partial charge is 0.457 e. The number of aliphatic hydroxyl groups excluding tert-OH is 3. The van der Waals surface area contributed by atoms with E-state index in [1.54, 1.807) is 0 Å². The number of hydrogen-bond acceptors (Lipinski definition) is 8. The van der Waals surface area contributed by atoms with Crippen molar-refractivity contribution in [3.8, 4) is 0 Å². The molecule has 0 bridgehead atoms. The molecule has 20 heavy (non-hydrogen) atoms. The lowest BCUT2D eigenvalue weighted by Crippen LogP contribution is -2.47. The highest BCUT2D eigenvalue weighted by molar-refractivity contribution is 5.90. The molecule has 0 saturated carbocycles. The first-order valence-corrected chi connectivity index (χ1v) is 5.63. The maximum Gasteiger partial charge on any atom is 0.382 e. The summed E-state index contributed by atoms with van der Waals surface area (Å²) in [6, 6.07) is 0. The molecule has 8 heteroatoms. The van der Waals surface area contributed by atoms with Gasteiger partial charge in [-0.15, -0.1) is 6.58 Å². The Balaban J connectivity index is 3.33. The molecule has 0 fully saturated rings. The zero-order valence-electron chi connectivity index (χ0n) is 10.6. The summed E-state index contributed by atoms with van der Waals surface area (Å²) < 4.78 is 9.95. The topological polar surface area (TPSA) is 126 Å². The second-order valence-corrected chi connectivity index (χ2v) is 3.96. The van der Waals surface area contributed by atoms with E-state index in [1.165, 1.54) is 6.08 Å². The van der Waals surface area contributed by atoms with Crippen molar-refractivity contribution >= 4 is 5.97 Å². The van der Waals surface area contributed by atoms with Crippen LogP contribution in [0.5, 0.6) is 0 Å². The highest BCUT2D eigenvalue weighted by atomic mass is 17.1. The average molecular weight is 288 g/mol. The van der Waals surface area contributed by atoms with Gasteiger partial charge in [-0.1, -0.05) is 12.7 Å². The molecule has 1 heterocycles. The molecule has 1 aliphatic rings. The molecule has 8 nitrogen and oxygen atoms in total. The van der Waals surface area contributed by atoms with E-state index in [-0.39, 0.29) is 6.42 Å². The van der Waals surface area contributed by atoms with Gasteiger partial charge in [-0.05, 0) is 6.08 Å². The fourth-order valence-corrected chi connectivity index (χ4v) is 1.80. The SMILES string of the molecule is C=CC[C@]1([C@@H](O)CO)OC(=O)C(OO)=C1OC(O)C=C. The lowest BCUT2D eigenvalue weighted by Gasteiger charge is -2.33. The van der Waals surface area contributed by atoms with Gasteiger partial charge in [0.15, 0.2) is 0 Å². The quantitative estimate of drug-likeness (QED) is 0.154. The molecule has 1 aliphatic heterocycles. The van der Waals surface area contributed by atoms with Crippen LogP contribution in [0, 0.1) is 0 Å². The third-order valence-corrected chi connectivity index (χ3v) is 2.74. The molecule has 1 unspecified atom stereocenters. The minimum Gasteiger partial charge on any atom is -0.457 e. The molecule has 3 atom stereocenters. The van der Waals surface area contributed by atoms with E-state index in [0.717, 1.165) is 6.08 Å². The third kappa shape index (κ3) is 2.68. The standard InChI is InChI=1S/C12H16O8/c1-3-5-12(7(14)6-13)10(18-8(15)4-2)9(20-17)11(16)19-12/h3-4,7-8,13-15,17H,1-2,5-6H2/t7-,8?,12+/m0/s1. The van der Waals surface area contributed by atoms with Gasteiger partial charge >= 0.3 is 5.97 Å². The van der Waals surface area contributed by atoms with Gasteiger partial charge in [0.1, 0.15) is 6.10 Å².